The zero-order valence-corrected chi connectivity index (χ0v) is 17.2. The number of hydrogen-bond donors (Lipinski definition) is 1. The normalized spacial score (nSPS) is 14.9. The number of amides is 1. The van der Waals surface area contributed by atoms with E-state index in [1.165, 1.54) is 0 Å². The van der Waals surface area contributed by atoms with Crippen molar-refractivity contribution < 1.29 is 9.90 Å². The molecule has 1 aliphatic heterocycles. The third-order valence-electron chi connectivity index (χ3n) is 5.00. The van der Waals surface area contributed by atoms with Gasteiger partial charge in [-0.1, -0.05) is 26.0 Å². The maximum Gasteiger partial charge on any atom is 0.253 e. The van der Waals surface area contributed by atoms with Crippen LogP contribution in [0.15, 0.2) is 36.4 Å². The predicted molar refractivity (Wildman–Crippen MR) is 112 cm³/mol. The number of hydrogen-bond acceptors (Lipinski definition) is 3. The fraction of sp³-hybridized carbons (Fsp3) is 0.435. The van der Waals surface area contributed by atoms with Gasteiger partial charge in [-0.3, -0.25) is 4.79 Å². The molecular weight excluding hydrogens is 336 g/mol. The Kier molecular flexibility index (Phi) is 7.43. The standard InChI is InChI=1S/C21H26N2O2.C2H6/c1-15-5-6-18(21(25)23-10-4-9-22(3)11-12-23)14-19(15)17-7-8-20(24)16(2)13-17;1-2/h5-8,13-14,24H,4,9-12H2,1-3H3;1-2H3. The van der Waals surface area contributed by atoms with E-state index in [4.69, 9.17) is 0 Å². The van der Waals surface area contributed by atoms with Crippen LogP contribution in [-0.4, -0.2) is 54.0 Å². The Bertz CT molecular complexity index is 786. The Morgan fingerprint density at radius 3 is 2.37 bits per heavy atom. The molecule has 1 fully saturated rings. The van der Waals surface area contributed by atoms with Crippen molar-refractivity contribution >= 4 is 5.91 Å². The Hall–Kier alpha value is -2.33. The molecule has 1 heterocycles. The number of aryl methyl sites for hydroxylation is 2. The summed E-state index contributed by atoms with van der Waals surface area (Å²) >= 11 is 0. The van der Waals surface area contributed by atoms with Crippen LogP contribution in [-0.2, 0) is 0 Å². The van der Waals surface area contributed by atoms with E-state index >= 15 is 0 Å². The lowest BCUT2D eigenvalue weighted by Gasteiger charge is -2.21. The van der Waals surface area contributed by atoms with Gasteiger partial charge in [0, 0.05) is 25.2 Å². The maximum absolute atomic E-state index is 12.9. The molecular formula is C23H32N2O2. The highest BCUT2D eigenvalue weighted by atomic mass is 16.3. The molecule has 1 aliphatic rings. The number of rotatable bonds is 2. The van der Waals surface area contributed by atoms with Crippen LogP contribution in [0.4, 0.5) is 0 Å². The Morgan fingerprint density at radius 2 is 1.67 bits per heavy atom. The molecule has 4 nitrogen and oxygen atoms in total. The van der Waals surface area contributed by atoms with Crippen molar-refractivity contribution in [2.75, 3.05) is 33.2 Å². The summed E-state index contributed by atoms with van der Waals surface area (Å²) in [6.45, 7) is 11.5. The number of carbonyl (C=O) groups excluding carboxylic acids is 1. The zero-order chi connectivity index (χ0) is 20.0. The van der Waals surface area contributed by atoms with E-state index in [9.17, 15) is 9.90 Å². The molecule has 0 saturated carbocycles. The second-order valence-corrected chi connectivity index (χ2v) is 6.98. The number of aromatic hydroxyl groups is 1. The highest BCUT2D eigenvalue weighted by molar-refractivity contribution is 5.96. The van der Waals surface area contributed by atoms with Gasteiger partial charge in [-0.2, -0.15) is 0 Å². The van der Waals surface area contributed by atoms with Crippen LogP contribution < -0.4 is 0 Å². The largest absolute Gasteiger partial charge is 0.508 e. The summed E-state index contributed by atoms with van der Waals surface area (Å²) in [6, 6.07) is 11.5. The number of nitrogens with zero attached hydrogens (tertiary/aromatic N) is 2. The summed E-state index contributed by atoms with van der Waals surface area (Å²) in [5, 5.41) is 9.76. The Balaban J connectivity index is 0.00000126. The van der Waals surface area contributed by atoms with Crippen LogP contribution in [0.25, 0.3) is 11.1 Å². The number of benzene rings is 2. The smallest absolute Gasteiger partial charge is 0.253 e. The van der Waals surface area contributed by atoms with Crippen molar-refractivity contribution in [2.24, 2.45) is 0 Å². The topological polar surface area (TPSA) is 43.8 Å². The quantitative estimate of drug-likeness (QED) is 0.850. The van der Waals surface area contributed by atoms with Gasteiger partial charge >= 0.3 is 0 Å². The minimum atomic E-state index is 0.104. The molecule has 2 aromatic carbocycles. The third kappa shape index (κ3) is 5.10. The molecule has 0 spiro atoms. The van der Waals surface area contributed by atoms with Gasteiger partial charge in [0.15, 0.2) is 0 Å². The third-order valence-corrected chi connectivity index (χ3v) is 5.00. The van der Waals surface area contributed by atoms with E-state index in [2.05, 4.69) is 11.9 Å². The average molecular weight is 369 g/mol. The van der Waals surface area contributed by atoms with E-state index in [0.717, 1.165) is 60.4 Å². The first kappa shape index (κ1) is 21.0. The lowest BCUT2D eigenvalue weighted by Crippen LogP contribution is -2.34. The number of phenolic OH excluding ortho intramolecular Hbond substituents is 1. The van der Waals surface area contributed by atoms with E-state index in [0.29, 0.717) is 5.75 Å². The monoisotopic (exact) mass is 368 g/mol. The van der Waals surface area contributed by atoms with Crippen LogP contribution in [0.2, 0.25) is 0 Å². The van der Waals surface area contributed by atoms with Crippen LogP contribution in [0.3, 0.4) is 0 Å². The molecule has 0 bridgehead atoms. The van der Waals surface area contributed by atoms with E-state index in [1.54, 1.807) is 6.07 Å². The zero-order valence-electron chi connectivity index (χ0n) is 17.2. The first-order chi connectivity index (χ1) is 13.0. The lowest BCUT2D eigenvalue weighted by atomic mass is 9.96. The van der Waals surface area contributed by atoms with Gasteiger partial charge in [-0.15, -0.1) is 0 Å². The van der Waals surface area contributed by atoms with Gasteiger partial charge in [0.1, 0.15) is 5.75 Å². The summed E-state index contributed by atoms with van der Waals surface area (Å²) in [5.41, 5.74) is 4.76. The molecule has 1 amide bonds. The average Bonchev–Trinajstić information content (AvgIpc) is 2.90. The van der Waals surface area contributed by atoms with E-state index < -0.39 is 0 Å². The number of phenols is 1. The summed E-state index contributed by atoms with van der Waals surface area (Å²) in [5.74, 6) is 0.398. The molecule has 1 saturated heterocycles. The highest BCUT2D eigenvalue weighted by Gasteiger charge is 2.19. The van der Waals surface area contributed by atoms with E-state index in [-0.39, 0.29) is 5.91 Å². The molecule has 1 N–H and O–H groups in total. The molecule has 4 heteroatoms. The Morgan fingerprint density at radius 1 is 0.926 bits per heavy atom. The molecule has 27 heavy (non-hydrogen) atoms. The molecule has 0 aromatic heterocycles. The van der Waals surface area contributed by atoms with Crippen LogP contribution in [0, 0.1) is 13.8 Å². The van der Waals surface area contributed by atoms with Gasteiger partial charge in [0.25, 0.3) is 5.91 Å². The molecule has 146 valence electrons. The van der Waals surface area contributed by atoms with Crippen molar-refractivity contribution in [3.8, 4) is 16.9 Å². The number of carbonyl (C=O) groups is 1. The van der Waals surface area contributed by atoms with Crippen LogP contribution in [0.1, 0.15) is 41.8 Å². The van der Waals surface area contributed by atoms with Gasteiger partial charge in [0.2, 0.25) is 0 Å². The first-order valence-corrected chi connectivity index (χ1v) is 9.84. The minimum Gasteiger partial charge on any atom is -0.508 e. The second-order valence-electron chi connectivity index (χ2n) is 6.98. The van der Waals surface area contributed by atoms with Crippen LogP contribution in [0.5, 0.6) is 5.75 Å². The lowest BCUT2D eigenvalue weighted by molar-refractivity contribution is 0.0763. The fourth-order valence-electron chi connectivity index (χ4n) is 3.32. The minimum absolute atomic E-state index is 0.104. The molecule has 0 aliphatic carbocycles. The van der Waals surface area contributed by atoms with E-state index in [1.807, 2.05) is 62.9 Å². The van der Waals surface area contributed by atoms with Crippen molar-refractivity contribution in [1.82, 2.24) is 9.80 Å². The highest BCUT2D eigenvalue weighted by Crippen LogP contribution is 2.29. The summed E-state index contributed by atoms with van der Waals surface area (Å²) in [6.07, 6.45) is 1.01. The SMILES string of the molecule is CC.Cc1cc(-c2cc(C(=O)N3CCCN(C)CC3)ccc2C)ccc1O. The summed E-state index contributed by atoms with van der Waals surface area (Å²) in [7, 11) is 2.10. The van der Waals surface area contributed by atoms with Gasteiger partial charge in [0.05, 0.1) is 0 Å². The van der Waals surface area contributed by atoms with Crippen molar-refractivity contribution in [2.45, 2.75) is 34.1 Å². The molecule has 0 radical (unpaired) electrons. The number of likely N-dealkylation sites (N-methyl/N-ethyl adjacent to an activating group) is 1. The van der Waals surface area contributed by atoms with Gasteiger partial charge in [-0.25, -0.2) is 0 Å². The van der Waals surface area contributed by atoms with Crippen molar-refractivity contribution in [3.63, 3.8) is 0 Å². The molecule has 0 unspecified atom stereocenters. The molecule has 0 atom stereocenters. The van der Waals surface area contributed by atoms with Crippen molar-refractivity contribution in [3.05, 3.63) is 53.1 Å². The summed E-state index contributed by atoms with van der Waals surface area (Å²) < 4.78 is 0. The maximum atomic E-state index is 12.9. The summed E-state index contributed by atoms with van der Waals surface area (Å²) in [4.78, 5) is 17.2. The van der Waals surface area contributed by atoms with Gasteiger partial charge in [-0.05, 0) is 80.4 Å². The Labute approximate surface area is 163 Å². The predicted octanol–water partition coefficient (Wildman–Crippen LogP) is 4.48. The first-order valence-electron chi connectivity index (χ1n) is 9.84. The van der Waals surface area contributed by atoms with Crippen LogP contribution >= 0.6 is 0 Å². The van der Waals surface area contributed by atoms with Crippen molar-refractivity contribution in [1.29, 1.82) is 0 Å². The molecule has 2 aromatic rings. The van der Waals surface area contributed by atoms with Gasteiger partial charge < -0.3 is 14.9 Å². The molecule has 3 rings (SSSR count). The second kappa shape index (κ2) is 9.56. The fourth-order valence-corrected chi connectivity index (χ4v) is 3.32.